The Hall–Kier alpha value is -7.50. The molecule has 0 aliphatic heterocycles. The Morgan fingerprint density at radius 1 is 0.309 bits per heavy atom. The number of hydrogen-bond acceptors (Lipinski definition) is 5. The number of hydrogen-bond donors (Lipinski definition) is 0. The fraction of sp³-hybridized carbons (Fsp3) is 0. The molecule has 0 aliphatic rings. The van der Waals surface area contributed by atoms with Crippen LogP contribution in [-0.2, 0) is 0 Å². The molecule has 0 bridgehead atoms. The Morgan fingerprint density at radius 2 is 0.836 bits per heavy atom. The van der Waals surface area contributed by atoms with E-state index in [1.807, 2.05) is 72.8 Å². The van der Waals surface area contributed by atoms with E-state index in [1.165, 1.54) is 0 Å². The van der Waals surface area contributed by atoms with Gasteiger partial charge in [0.2, 0.25) is 0 Å². The van der Waals surface area contributed by atoms with E-state index in [2.05, 4.69) is 132 Å². The Morgan fingerprint density at radius 3 is 1.45 bits per heavy atom. The van der Waals surface area contributed by atoms with Gasteiger partial charge in [-0.05, 0) is 53.2 Å². The van der Waals surface area contributed by atoms with Crippen molar-refractivity contribution in [3.05, 3.63) is 200 Å². The van der Waals surface area contributed by atoms with E-state index in [0.717, 1.165) is 77.5 Å². The molecule has 0 fully saturated rings. The minimum absolute atomic E-state index is 0.605. The first-order valence-corrected chi connectivity index (χ1v) is 18.4. The van der Waals surface area contributed by atoms with Gasteiger partial charge in [-0.3, -0.25) is 0 Å². The van der Waals surface area contributed by atoms with Gasteiger partial charge in [0.1, 0.15) is 0 Å². The zero-order valence-corrected chi connectivity index (χ0v) is 29.8. The van der Waals surface area contributed by atoms with Crippen LogP contribution in [0.4, 0.5) is 17.1 Å². The Labute approximate surface area is 318 Å². The highest BCUT2D eigenvalue weighted by atomic mass is 15.1. The number of para-hydroxylation sites is 2. The molecule has 0 radical (unpaired) electrons. The number of pyridine rings is 1. The van der Waals surface area contributed by atoms with E-state index in [0.29, 0.717) is 17.5 Å². The van der Waals surface area contributed by atoms with Crippen LogP contribution in [0.2, 0.25) is 0 Å². The molecule has 2 aromatic heterocycles. The van der Waals surface area contributed by atoms with Gasteiger partial charge in [-0.25, -0.2) is 19.9 Å². The fourth-order valence-corrected chi connectivity index (χ4v) is 7.52. The molecule has 10 aromatic rings. The molecule has 0 aliphatic carbocycles. The van der Waals surface area contributed by atoms with Gasteiger partial charge in [0.25, 0.3) is 0 Å². The molecule has 0 amide bonds. The molecule has 5 nitrogen and oxygen atoms in total. The van der Waals surface area contributed by atoms with Crippen LogP contribution in [0, 0.1) is 0 Å². The Bertz CT molecular complexity index is 2850. The smallest absolute Gasteiger partial charge is 0.164 e. The van der Waals surface area contributed by atoms with Crippen molar-refractivity contribution in [3.63, 3.8) is 0 Å². The third-order valence-electron chi connectivity index (χ3n) is 10.1. The molecule has 0 saturated heterocycles. The van der Waals surface area contributed by atoms with Crippen LogP contribution in [0.3, 0.4) is 0 Å². The third kappa shape index (κ3) is 5.94. The van der Waals surface area contributed by atoms with Gasteiger partial charge in [0, 0.05) is 55.5 Å². The molecule has 0 saturated carbocycles. The summed E-state index contributed by atoms with van der Waals surface area (Å²) in [6.45, 7) is 0. The molecule has 8 aromatic carbocycles. The van der Waals surface area contributed by atoms with E-state index < -0.39 is 0 Å². The summed E-state index contributed by atoms with van der Waals surface area (Å²) in [5.41, 5.74) is 8.87. The van der Waals surface area contributed by atoms with Crippen molar-refractivity contribution in [2.75, 3.05) is 4.90 Å². The maximum absolute atomic E-state index is 5.43. The van der Waals surface area contributed by atoms with Crippen molar-refractivity contribution in [2.24, 2.45) is 0 Å². The number of benzene rings is 8. The average molecular weight is 704 g/mol. The third-order valence-corrected chi connectivity index (χ3v) is 10.1. The summed E-state index contributed by atoms with van der Waals surface area (Å²) in [5, 5.41) is 5.51. The zero-order valence-electron chi connectivity index (χ0n) is 29.8. The van der Waals surface area contributed by atoms with Gasteiger partial charge in [-0.1, -0.05) is 158 Å². The molecule has 2 heterocycles. The second-order valence-electron chi connectivity index (χ2n) is 13.5. The molecule has 0 N–H and O–H groups in total. The van der Waals surface area contributed by atoms with Crippen molar-refractivity contribution in [1.82, 2.24) is 19.9 Å². The molecule has 5 heteroatoms. The lowest BCUT2D eigenvalue weighted by molar-refractivity contribution is 1.08. The lowest BCUT2D eigenvalue weighted by atomic mass is 9.93. The maximum atomic E-state index is 5.43. The monoisotopic (exact) mass is 703 g/mol. The van der Waals surface area contributed by atoms with E-state index in [4.69, 9.17) is 19.9 Å². The van der Waals surface area contributed by atoms with Gasteiger partial charge >= 0.3 is 0 Å². The summed E-state index contributed by atoms with van der Waals surface area (Å²) >= 11 is 0. The van der Waals surface area contributed by atoms with E-state index >= 15 is 0 Å². The Kier molecular flexibility index (Phi) is 8.08. The maximum Gasteiger partial charge on any atom is 0.164 e. The highest BCUT2D eigenvalue weighted by Crippen LogP contribution is 2.42. The fourth-order valence-electron chi connectivity index (χ4n) is 7.52. The largest absolute Gasteiger partial charge is 0.311 e. The summed E-state index contributed by atoms with van der Waals surface area (Å²) in [6.07, 6.45) is 0. The van der Waals surface area contributed by atoms with Crippen molar-refractivity contribution in [2.45, 2.75) is 0 Å². The number of aromatic nitrogens is 4. The highest BCUT2D eigenvalue weighted by molar-refractivity contribution is 6.25. The van der Waals surface area contributed by atoms with E-state index in [-0.39, 0.29) is 0 Å². The highest BCUT2D eigenvalue weighted by Gasteiger charge is 2.20. The van der Waals surface area contributed by atoms with Gasteiger partial charge in [0.05, 0.1) is 11.2 Å². The second kappa shape index (κ2) is 13.8. The molecule has 0 unspecified atom stereocenters. The zero-order chi connectivity index (χ0) is 36.6. The minimum Gasteiger partial charge on any atom is -0.311 e. The second-order valence-corrected chi connectivity index (χ2v) is 13.5. The van der Waals surface area contributed by atoms with Crippen molar-refractivity contribution in [3.8, 4) is 45.4 Å². The molecule has 55 heavy (non-hydrogen) atoms. The first-order chi connectivity index (χ1) is 27.3. The van der Waals surface area contributed by atoms with Crippen LogP contribution >= 0.6 is 0 Å². The van der Waals surface area contributed by atoms with Crippen LogP contribution in [0.15, 0.2) is 200 Å². The summed E-state index contributed by atoms with van der Waals surface area (Å²) in [6, 6.07) is 69.2. The summed E-state index contributed by atoms with van der Waals surface area (Å²) in [5.74, 6) is 1.86. The van der Waals surface area contributed by atoms with E-state index in [1.54, 1.807) is 0 Å². The minimum atomic E-state index is 0.605. The lowest BCUT2D eigenvalue weighted by Crippen LogP contribution is -2.09. The summed E-state index contributed by atoms with van der Waals surface area (Å²) in [7, 11) is 0. The first-order valence-electron chi connectivity index (χ1n) is 18.4. The van der Waals surface area contributed by atoms with Crippen molar-refractivity contribution in [1.29, 1.82) is 0 Å². The lowest BCUT2D eigenvalue weighted by Gasteiger charge is -2.25. The van der Waals surface area contributed by atoms with Crippen molar-refractivity contribution < 1.29 is 0 Å². The molecule has 258 valence electrons. The molecular formula is C50H33N5. The predicted octanol–water partition coefficient (Wildman–Crippen LogP) is 12.9. The van der Waals surface area contributed by atoms with E-state index in [9.17, 15) is 0 Å². The van der Waals surface area contributed by atoms with Crippen LogP contribution in [0.1, 0.15) is 0 Å². The predicted molar refractivity (Wildman–Crippen MR) is 227 cm³/mol. The quantitative estimate of drug-likeness (QED) is 0.155. The number of anilines is 3. The van der Waals surface area contributed by atoms with Crippen LogP contribution < -0.4 is 4.90 Å². The van der Waals surface area contributed by atoms with Crippen LogP contribution in [-0.4, -0.2) is 19.9 Å². The van der Waals surface area contributed by atoms with Crippen LogP contribution in [0.5, 0.6) is 0 Å². The first kappa shape index (κ1) is 32.2. The summed E-state index contributed by atoms with van der Waals surface area (Å²) < 4.78 is 0. The van der Waals surface area contributed by atoms with Gasteiger partial charge in [-0.2, -0.15) is 0 Å². The molecule has 0 atom stereocenters. The standard InChI is InChI=1S/C50H33N5/c1-5-17-36(18-6-1)48-52-49(37-19-7-2-8-20-37)54-50(53-48)43-26-15-27-44-46(43)45-41-25-14-13-16-34(41)30-33-42(45)47(51-44)35-28-31-40(32-29-35)55(38-21-9-3-10-22-38)39-23-11-4-12-24-39/h1-33H. The SMILES string of the molecule is c1ccc(-c2nc(-c3ccccc3)nc(-c3cccc4nc(-c5ccc(N(c6ccccc6)c6ccccc6)cc5)c5ccc6ccccc6c5c34)n2)cc1. The number of fused-ring (bicyclic) bond motifs is 5. The summed E-state index contributed by atoms with van der Waals surface area (Å²) in [4.78, 5) is 22.9. The van der Waals surface area contributed by atoms with Gasteiger partial charge in [-0.15, -0.1) is 0 Å². The van der Waals surface area contributed by atoms with Gasteiger partial charge < -0.3 is 4.90 Å². The van der Waals surface area contributed by atoms with Crippen LogP contribution in [0.25, 0.3) is 77.9 Å². The normalized spacial score (nSPS) is 11.3. The number of rotatable bonds is 7. The average Bonchev–Trinajstić information content (AvgIpc) is 3.27. The topological polar surface area (TPSA) is 54.8 Å². The molecular weight excluding hydrogens is 671 g/mol. The van der Waals surface area contributed by atoms with Crippen molar-refractivity contribution >= 4 is 49.5 Å². The molecule has 10 rings (SSSR count). The Balaban J connectivity index is 1.19. The number of nitrogens with zero attached hydrogens (tertiary/aromatic N) is 5. The van der Waals surface area contributed by atoms with Gasteiger partial charge in [0.15, 0.2) is 17.5 Å². The molecule has 0 spiro atoms.